The van der Waals surface area contributed by atoms with E-state index in [9.17, 15) is 0 Å². The van der Waals surface area contributed by atoms with Gasteiger partial charge in [-0.25, -0.2) is 0 Å². The van der Waals surface area contributed by atoms with Gasteiger partial charge in [-0.05, 0) is 33.1 Å². The molecule has 0 N–H and O–H groups in total. The molecule has 0 bridgehead atoms. The molecule has 0 saturated carbocycles. The average Bonchev–Trinajstić information content (AvgIpc) is 2.24. The van der Waals surface area contributed by atoms with Crippen LogP contribution in [0.1, 0.15) is 48.5 Å². The number of nitrogens with zero attached hydrogens (tertiary/aromatic N) is 2. The highest BCUT2D eigenvalue weighted by molar-refractivity contribution is 4.83. The summed E-state index contributed by atoms with van der Waals surface area (Å²) in [5, 5.41) is 0. The van der Waals surface area contributed by atoms with E-state index in [1.165, 1.54) is 0 Å². The molecule has 1 aliphatic heterocycles. The largest absolute Gasteiger partial charge is 0.360 e. The van der Waals surface area contributed by atoms with Crippen molar-refractivity contribution >= 4 is 0 Å². The van der Waals surface area contributed by atoms with E-state index in [1.54, 1.807) is 0 Å². The summed E-state index contributed by atoms with van der Waals surface area (Å²) in [6.45, 7) is 21.0. The summed E-state index contributed by atoms with van der Waals surface area (Å²) in [6, 6.07) is 0.642. The van der Waals surface area contributed by atoms with E-state index in [-0.39, 0.29) is 5.60 Å². The monoisotopic (exact) mass is 256 g/mol. The molecular formula is C15H32N2O. The van der Waals surface area contributed by atoms with Crippen LogP contribution in [0.15, 0.2) is 0 Å². The zero-order valence-electron chi connectivity index (χ0n) is 13.4. The van der Waals surface area contributed by atoms with Crippen LogP contribution >= 0.6 is 0 Å². The second kappa shape index (κ2) is 5.89. The predicted molar refractivity (Wildman–Crippen MR) is 77.8 cm³/mol. The van der Waals surface area contributed by atoms with Gasteiger partial charge in [-0.3, -0.25) is 9.80 Å². The van der Waals surface area contributed by atoms with Gasteiger partial charge in [-0.1, -0.05) is 20.8 Å². The van der Waals surface area contributed by atoms with Gasteiger partial charge in [0.25, 0.3) is 0 Å². The molecule has 0 aromatic rings. The lowest BCUT2D eigenvalue weighted by molar-refractivity contribution is -0.0790. The number of rotatable bonds is 3. The predicted octanol–water partition coefficient (Wildman–Crippen LogP) is 2.81. The van der Waals surface area contributed by atoms with E-state index in [2.05, 4.69) is 58.3 Å². The average molecular weight is 256 g/mol. The molecule has 0 aliphatic carbocycles. The summed E-state index contributed by atoms with van der Waals surface area (Å²) in [5.74, 6) is 0. The molecule has 1 fully saturated rings. The van der Waals surface area contributed by atoms with Crippen LogP contribution in [0.2, 0.25) is 0 Å². The molecule has 1 aliphatic rings. The van der Waals surface area contributed by atoms with Gasteiger partial charge in [0.05, 0.1) is 12.3 Å². The van der Waals surface area contributed by atoms with Crippen molar-refractivity contribution < 1.29 is 4.74 Å². The highest BCUT2D eigenvalue weighted by Gasteiger charge is 2.29. The van der Waals surface area contributed by atoms with Gasteiger partial charge in [0.2, 0.25) is 0 Å². The zero-order valence-corrected chi connectivity index (χ0v) is 13.4. The Morgan fingerprint density at radius 3 is 1.83 bits per heavy atom. The van der Waals surface area contributed by atoms with E-state index < -0.39 is 0 Å². The quantitative estimate of drug-likeness (QED) is 0.772. The van der Waals surface area contributed by atoms with Gasteiger partial charge in [0.15, 0.2) is 0 Å². The minimum absolute atomic E-state index is 0.0319. The second-order valence-corrected chi connectivity index (χ2v) is 7.58. The van der Waals surface area contributed by atoms with Gasteiger partial charge < -0.3 is 4.74 Å². The van der Waals surface area contributed by atoms with Crippen LogP contribution in [-0.2, 0) is 4.74 Å². The molecule has 0 radical (unpaired) electrons. The molecule has 108 valence electrons. The fraction of sp³-hybridized carbons (Fsp3) is 1.00. The molecule has 0 amide bonds. The van der Waals surface area contributed by atoms with Crippen molar-refractivity contribution in [3.8, 4) is 0 Å². The molecule has 3 heteroatoms. The molecule has 1 heterocycles. The third-order valence-electron chi connectivity index (χ3n) is 3.89. The van der Waals surface area contributed by atoms with Crippen LogP contribution in [0.4, 0.5) is 0 Å². The first-order valence-corrected chi connectivity index (χ1v) is 7.20. The fourth-order valence-electron chi connectivity index (χ4n) is 2.11. The summed E-state index contributed by atoms with van der Waals surface area (Å²) < 4.78 is 5.84. The molecule has 0 aromatic carbocycles. The topological polar surface area (TPSA) is 15.7 Å². The summed E-state index contributed by atoms with van der Waals surface area (Å²) >= 11 is 0. The number of hydrogen-bond acceptors (Lipinski definition) is 3. The maximum Gasteiger partial charge on any atom is 0.0998 e. The molecule has 0 aromatic heterocycles. The molecule has 1 rings (SSSR count). The Labute approximate surface area is 113 Å². The Balaban J connectivity index is 2.33. The van der Waals surface area contributed by atoms with Crippen molar-refractivity contribution in [1.29, 1.82) is 0 Å². The van der Waals surface area contributed by atoms with Crippen LogP contribution in [0.5, 0.6) is 0 Å². The Morgan fingerprint density at radius 1 is 0.944 bits per heavy atom. The Morgan fingerprint density at radius 2 is 1.44 bits per heavy atom. The molecular weight excluding hydrogens is 224 g/mol. The standard InChI is InChI=1S/C15H32N2O/c1-13(14(2,3)4)17-10-8-16(9-11-17)12-18-15(5,6)7/h13H,8-12H2,1-7H3. The Bertz CT molecular complexity index is 244. The lowest BCUT2D eigenvalue weighted by Crippen LogP contribution is -2.53. The van der Waals surface area contributed by atoms with Crippen molar-refractivity contribution in [3.05, 3.63) is 0 Å². The van der Waals surface area contributed by atoms with Crippen LogP contribution in [-0.4, -0.2) is 54.4 Å². The van der Waals surface area contributed by atoms with Crippen molar-refractivity contribution in [2.45, 2.75) is 60.1 Å². The third kappa shape index (κ3) is 5.25. The first-order valence-electron chi connectivity index (χ1n) is 7.20. The van der Waals surface area contributed by atoms with E-state index >= 15 is 0 Å². The van der Waals surface area contributed by atoms with Crippen LogP contribution < -0.4 is 0 Å². The van der Waals surface area contributed by atoms with E-state index in [4.69, 9.17) is 4.74 Å². The highest BCUT2D eigenvalue weighted by atomic mass is 16.5. The summed E-state index contributed by atoms with van der Waals surface area (Å²) in [4.78, 5) is 5.02. The third-order valence-corrected chi connectivity index (χ3v) is 3.89. The first kappa shape index (κ1) is 15.9. The van der Waals surface area contributed by atoms with E-state index in [0.29, 0.717) is 11.5 Å². The lowest BCUT2D eigenvalue weighted by Gasteiger charge is -2.43. The zero-order chi connectivity index (χ0) is 14.0. The smallest absolute Gasteiger partial charge is 0.0998 e. The number of hydrogen-bond donors (Lipinski definition) is 0. The Hall–Kier alpha value is -0.120. The molecule has 1 saturated heterocycles. The normalized spacial score (nSPS) is 22.2. The maximum atomic E-state index is 5.84. The SMILES string of the molecule is CC(N1CCN(COC(C)(C)C)CC1)C(C)(C)C. The lowest BCUT2D eigenvalue weighted by atomic mass is 9.86. The molecule has 0 spiro atoms. The van der Waals surface area contributed by atoms with Gasteiger partial charge in [0.1, 0.15) is 0 Å². The molecule has 1 atom stereocenters. The van der Waals surface area contributed by atoms with Gasteiger partial charge >= 0.3 is 0 Å². The minimum atomic E-state index is -0.0319. The Kier molecular flexibility index (Phi) is 5.22. The van der Waals surface area contributed by atoms with Crippen molar-refractivity contribution in [1.82, 2.24) is 9.80 Å². The van der Waals surface area contributed by atoms with E-state index in [0.717, 1.165) is 32.9 Å². The second-order valence-electron chi connectivity index (χ2n) is 7.58. The van der Waals surface area contributed by atoms with Gasteiger partial charge in [-0.2, -0.15) is 0 Å². The van der Waals surface area contributed by atoms with Crippen molar-refractivity contribution in [2.75, 3.05) is 32.9 Å². The van der Waals surface area contributed by atoms with Crippen molar-refractivity contribution in [2.24, 2.45) is 5.41 Å². The minimum Gasteiger partial charge on any atom is -0.360 e. The van der Waals surface area contributed by atoms with Crippen molar-refractivity contribution in [3.63, 3.8) is 0 Å². The van der Waals surface area contributed by atoms with Gasteiger partial charge in [-0.15, -0.1) is 0 Å². The van der Waals surface area contributed by atoms with Crippen LogP contribution in [0, 0.1) is 5.41 Å². The molecule has 1 unspecified atom stereocenters. The summed E-state index contributed by atoms with van der Waals surface area (Å²) in [5.41, 5.74) is 0.333. The van der Waals surface area contributed by atoms with E-state index in [1.807, 2.05) is 0 Å². The maximum absolute atomic E-state index is 5.84. The van der Waals surface area contributed by atoms with Gasteiger partial charge in [0, 0.05) is 32.2 Å². The number of ether oxygens (including phenoxy) is 1. The summed E-state index contributed by atoms with van der Waals surface area (Å²) in [6.07, 6.45) is 0. The molecule has 18 heavy (non-hydrogen) atoms. The molecule has 3 nitrogen and oxygen atoms in total. The number of piperazine rings is 1. The van der Waals surface area contributed by atoms with Crippen LogP contribution in [0.3, 0.4) is 0 Å². The highest BCUT2D eigenvalue weighted by Crippen LogP contribution is 2.24. The fourth-order valence-corrected chi connectivity index (χ4v) is 2.11. The summed E-state index contributed by atoms with van der Waals surface area (Å²) in [7, 11) is 0. The first-order chi connectivity index (χ1) is 8.09. The van der Waals surface area contributed by atoms with Crippen LogP contribution in [0.25, 0.3) is 0 Å².